The number of aromatic nitrogens is 1. The topological polar surface area (TPSA) is 158 Å². The number of nitrogens with zero attached hydrogens (tertiary/aromatic N) is 5. The van der Waals surface area contributed by atoms with E-state index in [4.69, 9.17) is 15.5 Å². The summed E-state index contributed by atoms with van der Waals surface area (Å²) in [5, 5.41) is 2.18. The van der Waals surface area contributed by atoms with Crippen molar-refractivity contribution < 1.29 is 33.1 Å². The molecule has 1 unspecified atom stereocenters. The quantitative estimate of drug-likeness (QED) is 0.240. The van der Waals surface area contributed by atoms with Crippen molar-refractivity contribution in [2.24, 2.45) is 5.73 Å². The van der Waals surface area contributed by atoms with Gasteiger partial charge in [-0.05, 0) is 79.9 Å². The number of fused-ring (bicyclic) bond motifs is 1. The van der Waals surface area contributed by atoms with Crippen LogP contribution in [0.2, 0.25) is 0 Å². The number of piperidine rings is 2. The molecule has 282 valence electrons. The molecule has 8 rings (SSSR count). The van der Waals surface area contributed by atoms with Gasteiger partial charge in [-0.2, -0.15) is 0 Å². The summed E-state index contributed by atoms with van der Waals surface area (Å²) in [6.45, 7) is 4.89. The Morgan fingerprint density at radius 2 is 1.49 bits per heavy atom. The summed E-state index contributed by atoms with van der Waals surface area (Å²) in [6, 6.07) is 22.3. The number of carbonyl (C=O) groups excluding carboxylic acids is 5. The number of nitrogens with two attached hydrogens (primary N) is 1. The lowest BCUT2D eigenvalue weighted by molar-refractivity contribution is -0.136. The third kappa shape index (κ3) is 7.30. The van der Waals surface area contributed by atoms with E-state index >= 15 is 4.39 Å². The Morgan fingerprint density at radius 1 is 0.818 bits per heavy atom. The van der Waals surface area contributed by atoms with Gasteiger partial charge in [0.2, 0.25) is 11.8 Å². The van der Waals surface area contributed by atoms with Gasteiger partial charge in [-0.1, -0.05) is 18.2 Å². The zero-order chi connectivity index (χ0) is 38.2. The third-order valence-corrected chi connectivity index (χ3v) is 11.0. The second kappa shape index (κ2) is 15.0. The van der Waals surface area contributed by atoms with Crippen LogP contribution in [-0.2, 0) is 16.1 Å². The molecule has 4 aliphatic rings. The predicted octanol–water partition coefficient (Wildman–Crippen LogP) is 3.97. The Balaban J connectivity index is 0.863. The molecular formula is C41H40FN7O6. The number of primary amides is 1. The van der Waals surface area contributed by atoms with Gasteiger partial charge in [-0.25, -0.2) is 9.37 Å². The minimum atomic E-state index is -1.10. The van der Waals surface area contributed by atoms with E-state index in [0.29, 0.717) is 41.7 Å². The number of carbonyl (C=O) groups is 5. The first-order valence-electron chi connectivity index (χ1n) is 18.5. The number of para-hydroxylation sites is 1. The molecule has 3 N–H and O–H groups in total. The van der Waals surface area contributed by atoms with Crippen molar-refractivity contribution in [1.29, 1.82) is 0 Å². The Bertz CT molecular complexity index is 2170. The fraction of sp³-hybridized carbons (Fsp3) is 0.317. The van der Waals surface area contributed by atoms with Crippen molar-refractivity contribution in [3.63, 3.8) is 0 Å². The molecule has 0 saturated carbocycles. The van der Waals surface area contributed by atoms with Gasteiger partial charge < -0.3 is 15.4 Å². The highest BCUT2D eigenvalue weighted by molar-refractivity contribution is 6.23. The number of anilines is 1. The second-order valence-electron chi connectivity index (χ2n) is 14.3. The van der Waals surface area contributed by atoms with Crippen LogP contribution in [0.1, 0.15) is 62.3 Å². The number of ether oxygens (including phenoxy) is 1. The monoisotopic (exact) mass is 745 g/mol. The van der Waals surface area contributed by atoms with Gasteiger partial charge in [0, 0.05) is 69.4 Å². The van der Waals surface area contributed by atoms with E-state index in [0.717, 1.165) is 67.1 Å². The van der Waals surface area contributed by atoms with Crippen LogP contribution in [0.4, 0.5) is 10.2 Å². The van der Waals surface area contributed by atoms with Crippen LogP contribution in [0.3, 0.4) is 0 Å². The largest absolute Gasteiger partial charge is 0.457 e. The Morgan fingerprint density at radius 3 is 2.16 bits per heavy atom. The molecule has 4 aliphatic heterocycles. The number of imide groups is 2. The molecule has 3 saturated heterocycles. The van der Waals surface area contributed by atoms with Crippen LogP contribution in [-0.4, -0.2) is 101 Å². The van der Waals surface area contributed by atoms with Gasteiger partial charge in [0.25, 0.3) is 17.7 Å². The van der Waals surface area contributed by atoms with E-state index in [1.54, 1.807) is 6.07 Å². The highest BCUT2D eigenvalue weighted by Gasteiger charge is 2.45. The van der Waals surface area contributed by atoms with Gasteiger partial charge in [0.05, 0.1) is 22.4 Å². The van der Waals surface area contributed by atoms with Crippen LogP contribution in [0.25, 0.3) is 11.3 Å². The molecule has 0 spiro atoms. The van der Waals surface area contributed by atoms with E-state index in [1.165, 1.54) is 6.07 Å². The molecule has 1 aromatic heterocycles. The summed E-state index contributed by atoms with van der Waals surface area (Å²) in [4.78, 5) is 75.4. The molecule has 3 aromatic carbocycles. The summed E-state index contributed by atoms with van der Waals surface area (Å²) >= 11 is 0. The predicted molar refractivity (Wildman–Crippen MR) is 200 cm³/mol. The smallest absolute Gasteiger partial charge is 0.262 e. The van der Waals surface area contributed by atoms with E-state index < -0.39 is 41.4 Å². The standard InChI is InChI=1S/C41H40FN7O6/c42-33-23-32-31(40(53)49(41(32)54)34-11-13-36(50)45-39(34)52)22-26(33)24-46-18-20-47(21-19-46)27-14-16-48(17-15-27)35-12-10-30(38(43)51)37(44-35)25-6-8-29(9-7-25)55-28-4-2-1-3-5-28/h1-10,12,22-23,27,34H,11,13-21,24H2,(H2,43,51)(H,45,50,52). The molecule has 55 heavy (non-hydrogen) atoms. The van der Waals surface area contributed by atoms with Gasteiger partial charge in [0.1, 0.15) is 29.2 Å². The van der Waals surface area contributed by atoms with Crippen LogP contribution >= 0.6 is 0 Å². The van der Waals surface area contributed by atoms with Crippen LogP contribution in [0.5, 0.6) is 11.5 Å². The van der Waals surface area contributed by atoms with Gasteiger partial charge in [-0.15, -0.1) is 0 Å². The third-order valence-electron chi connectivity index (χ3n) is 11.0. The summed E-state index contributed by atoms with van der Waals surface area (Å²) in [7, 11) is 0. The van der Waals surface area contributed by atoms with Crippen molar-refractivity contribution in [1.82, 2.24) is 25.0 Å². The van der Waals surface area contributed by atoms with Crippen molar-refractivity contribution in [3.05, 3.63) is 107 Å². The zero-order valence-corrected chi connectivity index (χ0v) is 30.1. The number of halogens is 1. The summed E-state index contributed by atoms with van der Waals surface area (Å²) in [5.41, 5.74) is 7.72. The maximum absolute atomic E-state index is 15.3. The van der Waals surface area contributed by atoms with E-state index in [9.17, 15) is 24.0 Å². The molecule has 14 heteroatoms. The van der Waals surface area contributed by atoms with Gasteiger partial charge in [-0.3, -0.25) is 44.0 Å². The molecule has 5 heterocycles. The average Bonchev–Trinajstić information content (AvgIpc) is 3.43. The number of pyridine rings is 1. The molecular weight excluding hydrogens is 705 g/mol. The first kappa shape index (κ1) is 36.0. The van der Waals surface area contributed by atoms with Crippen molar-refractivity contribution in [2.45, 2.75) is 44.3 Å². The van der Waals surface area contributed by atoms with Crippen LogP contribution < -0.4 is 20.7 Å². The van der Waals surface area contributed by atoms with Gasteiger partial charge in [0.15, 0.2) is 0 Å². The van der Waals surface area contributed by atoms with Crippen molar-refractivity contribution in [3.8, 4) is 22.8 Å². The minimum absolute atomic E-state index is 0.0152. The number of rotatable bonds is 9. The lowest BCUT2D eigenvalue weighted by Gasteiger charge is -2.43. The number of nitrogens with one attached hydrogen (secondary N) is 1. The summed E-state index contributed by atoms with van der Waals surface area (Å²) < 4.78 is 21.3. The SMILES string of the molecule is NC(=O)c1ccc(N2CCC(N3CCN(Cc4cc5c(cc4F)C(=O)N(C4CCC(=O)NC4=O)C5=O)CC3)CC2)nc1-c1ccc(Oc2ccccc2)cc1. The number of benzene rings is 3. The molecule has 3 fully saturated rings. The normalized spacial score (nSPS) is 19.8. The van der Waals surface area contributed by atoms with E-state index in [-0.39, 0.29) is 30.5 Å². The lowest BCUT2D eigenvalue weighted by Crippen LogP contribution is -2.54. The first-order chi connectivity index (χ1) is 26.6. The minimum Gasteiger partial charge on any atom is -0.457 e. The fourth-order valence-electron chi connectivity index (χ4n) is 7.99. The maximum atomic E-state index is 15.3. The lowest BCUT2D eigenvalue weighted by atomic mass is 10.0. The van der Waals surface area contributed by atoms with E-state index in [1.807, 2.05) is 60.7 Å². The molecule has 0 aliphatic carbocycles. The number of piperazine rings is 1. The summed E-state index contributed by atoms with van der Waals surface area (Å²) in [5.74, 6) is -1.47. The average molecular weight is 746 g/mol. The molecule has 4 aromatic rings. The highest BCUT2D eigenvalue weighted by Crippen LogP contribution is 2.32. The van der Waals surface area contributed by atoms with Crippen LogP contribution in [0, 0.1) is 5.82 Å². The zero-order valence-electron chi connectivity index (χ0n) is 30.1. The number of hydrogen-bond donors (Lipinski definition) is 2. The fourth-order valence-corrected chi connectivity index (χ4v) is 7.99. The Kier molecular flexibility index (Phi) is 9.84. The Hall–Kier alpha value is -5.99. The molecule has 5 amide bonds. The first-order valence-corrected chi connectivity index (χ1v) is 18.5. The molecule has 1 atom stereocenters. The van der Waals surface area contributed by atoms with Crippen molar-refractivity contribution >= 4 is 35.4 Å². The Labute approximate surface area is 316 Å². The van der Waals surface area contributed by atoms with Gasteiger partial charge >= 0.3 is 0 Å². The molecule has 13 nitrogen and oxygen atoms in total. The highest BCUT2D eigenvalue weighted by atomic mass is 19.1. The van der Waals surface area contributed by atoms with Crippen molar-refractivity contribution in [2.75, 3.05) is 44.2 Å². The number of hydrogen-bond acceptors (Lipinski definition) is 10. The summed E-state index contributed by atoms with van der Waals surface area (Å²) in [6.07, 6.45) is 1.92. The van der Waals surface area contributed by atoms with Crippen LogP contribution in [0.15, 0.2) is 78.9 Å². The molecule has 0 radical (unpaired) electrons. The number of amides is 5. The second-order valence-corrected chi connectivity index (χ2v) is 14.3. The maximum Gasteiger partial charge on any atom is 0.262 e. The molecule has 0 bridgehead atoms. The van der Waals surface area contributed by atoms with E-state index in [2.05, 4.69) is 20.0 Å².